The molecule has 21 heavy (non-hydrogen) atoms. The maximum absolute atomic E-state index is 12.8. The normalized spacial score (nSPS) is 15.7. The highest BCUT2D eigenvalue weighted by molar-refractivity contribution is 6.06. The van der Waals surface area contributed by atoms with Crippen LogP contribution in [0.15, 0.2) is 30.3 Å². The van der Waals surface area contributed by atoms with Crippen molar-refractivity contribution in [3.63, 3.8) is 0 Å². The van der Waals surface area contributed by atoms with E-state index in [9.17, 15) is 9.59 Å². The third-order valence-corrected chi connectivity index (χ3v) is 3.67. The van der Waals surface area contributed by atoms with Crippen LogP contribution in [0.1, 0.15) is 22.5 Å². The Morgan fingerprint density at radius 1 is 1.29 bits per heavy atom. The van der Waals surface area contributed by atoms with E-state index < -0.39 is 0 Å². The molecule has 0 spiro atoms. The molecule has 1 aliphatic rings. The van der Waals surface area contributed by atoms with Crippen LogP contribution in [0.5, 0.6) is 0 Å². The van der Waals surface area contributed by atoms with Gasteiger partial charge in [-0.25, -0.2) is 0 Å². The van der Waals surface area contributed by atoms with Gasteiger partial charge >= 0.3 is 0 Å². The second kappa shape index (κ2) is 5.52. The summed E-state index contributed by atoms with van der Waals surface area (Å²) in [5.41, 5.74) is 2.30. The van der Waals surface area contributed by atoms with Gasteiger partial charge in [0.1, 0.15) is 0 Å². The van der Waals surface area contributed by atoms with E-state index in [0.29, 0.717) is 31.6 Å². The van der Waals surface area contributed by atoms with Crippen molar-refractivity contribution in [2.75, 3.05) is 19.6 Å². The van der Waals surface area contributed by atoms with E-state index in [-0.39, 0.29) is 11.8 Å². The van der Waals surface area contributed by atoms with E-state index in [1.54, 1.807) is 4.90 Å². The minimum atomic E-state index is -0.0341. The number of pyridine rings is 1. The highest BCUT2D eigenvalue weighted by Gasteiger charge is 2.21. The molecule has 0 radical (unpaired) electrons. The summed E-state index contributed by atoms with van der Waals surface area (Å²) < 4.78 is 0. The van der Waals surface area contributed by atoms with Crippen molar-refractivity contribution in [1.82, 2.24) is 15.2 Å². The molecule has 2 heterocycles. The lowest BCUT2D eigenvalue weighted by Crippen LogP contribution is -2.34. The quantitative estimate of drug-likeness (QED) is 0.863. The molecule has 0 saturated carbocycles. The van der Waals surface area contributed by atoms with Crippen LogP contribution in [0, 0.1) is 6.92 Å². The zero-order valence-electron chi connectivity index (χ0n) is 11.9. The topological polar surface area (TPSA) is 62.3 Å². The molecule has 0 bridgehead atoms. The lowest BCUT2D eigenvalue weighted by molar-refractivity contribution is -0.120. The van der Waals surface area contributed by atoms with E-state index in [1.165, 1.54) is 0 Å². The van der Waals surface area contributed by atoms with Crippen molar-refractivity contribution in [2.24, 2.45) is 0 Å². The molecule has 0 unspecified atom stereocenters. The fourth-order valence-corrected chi connectivity index (χ4v) is 2.63. The van der Waals surface area contributed by atoms with Crippen LogP contribution in [-0.4, -0.2) is 41.3 Å². The van der Waals surface area contributed by atoms with E-state index in [1.807, 2.05) is 37.3 Å². The van der Waals surface area contributed by atoms with E-state index in [2.05, 4.69) is 10.3 Å². The number of rotatable bonds is 1. The van der Waals surface area contributed by atoms with Crippen molar-refractivity contribution in [2.45, 2.75) is 13.3 Å². The molecule has 108 valence electrons. The Morgan fingerprint density at radius 3 is 2.95 bits per heavy atom. The summed E-state index contributed by atoms with van der Waals surface area (Å²) in [6.45, 7) is 3.39. The standard InChI is InChI=1S/C16H17N3O2/c1-11-10-13(12-4-2-3-5-14(12)18-11)16(21)19-8-6-15(20)17-7-9-19/h2-5,10H,6-9H2,1H3,(H,17,20). The molecule has 1 saturated heterocycles. The van der Waals surface area contributed by atoms with Gasteiger partial charge in [0, 0.05) is 37.1 Å². The molecule has 2 aromatic rings. The van der Waals surface area contributed by atoms with Crippen molar-refractivity contribution >= 4 is 22.7 Å². The van der Waals surface area contributed by atoms with Gasteiger partial charge < -0.3 is 10.2 Å². The molecule has 1 fully saturated rings. The Kier molecular flexibility index (Phi) is 3.56. The average molecular weight is 283 g/mol. The molecule has 2 amide bonds. The third kappa shape index (κ3) is 2.72. The average Bonchev–Trinajstić information content (AvgIpc) is 2.70. The molecular formula is C16H17N3O2. The molecule has 0 aliphatic carbocycles. The number of hydrogen-bond donors (Lipinski definition) is 1. The third-order valence-electron chi connectivity index (χ3n) is 3.67. The number of carbonyl (C=O) groups is 2. The Morgan fingerprint density at radius 2 is 2.10 bits per heavy atom. The lowest BCUT2D eigenvalue weighted by Gasteiger charge is -2.20. The van der Waals surface area contributed by atoms with Gasteiger partial charge in [0.25, 0.3) is 5.91 Å². The predicted octanol–water partition coefficient (Wildman–Crippen LogP) is 1.51. The Bertz CT molecular complexity index is 712. The number of aromatic nitrogens is 1. The first-order valence-electron chi connectivity index (χ1n) is 7.07. The first-order chi connectivity index (χ1) is 10.1. The zero-order valence-corrected chi connectivity index (χ0v) is 11.9. The highest BCUT2D eigenvalue weighted by Crippen LogP contribution is 2.20. The SMILES string of the molecule is Cc1cc(C(=O)N2CCNC(=O)CC2)c2ccccc2n1. The fraction of sp³-hybridized carbons (Fsp3) is 0.312. The summed E-state index contributed by atoms with van der Waals surface area (Å²) in [7, 11) is 0. The van der Waals surface area contributed by atoms with Gasteiger partial charge in [0.15, 0.2) is 0 Å². The number of hydrogen-bond acceptors (Lipinski definition) is 3. The van der Waals surface area contributed by atoms with Crippen molar-refractivity contribution < 1.29 is 9.59 Å². The van der Waals surface area contributed by atoms with Gasteiger partial charge in [-0.15, -0.1) is 0 Å². The second-order valence-corrected chi connectivity index (χ2v) is 5.22. The smallest absolute Gasteiger partial charge is 0.254 e. The molecule has 1 aromatic heterocycles. The fourth-order valence-electron chi connectivity index (χ4n) is 2.63. The van der Waals surface area contributed by atoms with E-state index in [4.69, 9.17) is 0 Å². The number of fused-ring (bicyclic) bond motifs is 1. The number of carbonyl (C=O) groups excluding carboxylic acids is 2. The van der Waals surface area contributed by atoms with Crippen molar-refractivity contribution in [3.8, 4) is 0 Å². The largest absolute Gasteiger partial charge is 0.354 e. The number of benzene rings is 1. The van der Waals surface area contributed by atoms with Crippen LogP contribution in [0.4, 0.5) is 0 Å². The van der Waals surface area contributed by atoms with Gasteiger partial charge in [0.05, 0.1) is 11.1 Å². The molecule has 5 nitrogen and oxygen atoms in total. The first kappa shape index (κ1) is 13.5. The number of amides is 2. The van der Waals surface area contributed by atoms with Crippen molar-refractivity contribution in [1.29, 1.82) is 0 Å². The van der Waals surface area contributed by atoms with Gasteiger partial charge in [0.2, 0.25) is 5.91 Å². The summed E-state index contributed by atoms with van der Waals surface area (Å²) in [5.74, 6) is -0.0331. The van der Waals surface area contributed by atoms with Gasteiger partial charge in [-0.2, -0.15) is 0 Å². The Hall–Kier alpha value is -2.43. The van der Waals surface area contributed by atoms with Crippen LogP contribution in [-0.2, 0) is 4.79 Å². The maximum Gasteiger partial charge on any atom is 0.254 e. The minimum absolute atomic E-state index is 0.000988. The van der Waals surface area contributed by atoms with Crippen LogP contribution >= 0.6 is 0 Å². The zero-order chi connectivity index (χ0) is 14.8. The van der Waals surface area contributed by atoms with Gasteiger partial charge in [-0.3, -0.25) is 14.6 Å². The Balaban J connectivity index is 1.99. The Labute approximate surface area is 123 Å². The summed E-state index contributed by atoms with van der Waals surface area (Å²) in [4.78, 5) is 30.4. The predicted molar refractivity (Wildman–Crippen MR) is 80.0 cm³/mol. The van der Waals surface area contributed by atoms with E-state index in [0.717, 1.165) is 16.6 Å². The molecule has 1 N–H and O–H groups in total. The van der Waals surface area contributed by atoms with Crippen molar-refractivity contribution in [3.05, 3.63) is 41.6 Å². The molecule has 0 atom stereocenters. The number of nitrogens with one attached hydrogen (secondary N) is 1. The summed E-state index contributed by atoms with van der Waals surface area (Å²) >= 11 is 0. The monoisotopic (exact) mass is 283 g/mol. The number of nitrogens with zero attached hydrogens (tertiary/aromatic N) is 2. The number of aryl methyl sites for hydroxylation is 1. The molecule has 3 rings (SSSR count). The minimum Gasteiger partial charge on any atom is -0.354 e. The maximum atomic E-state index is 12.8. The van der Waals surface area contributed by atoms with E-state index >= 15 is 0 Å². The second-order valence-electron chi connectivity index (χ2n) is 5.22. The van der Waals surface area contributed by atoms with Crippen LogP contribution in [0.25, 0.3) is 10.9 Å². The molecule has 1 aromatic carbocycles. The van der Waals surface area contributed by atoms with Gasteiger partial charge in [-0.1, -0.05) is 18.2 Å². The summed E-state index contributed by atoms with van der Waals surface area (Å²) in [5, 5.41) is 3.64. The first-order valence-corrected chi connectivity index (χ1v) is 7.07. The van der Waals surface area contributed by atoms with Crippen LogP contribution in [0.3, 0.4) is 0 Å². The lowest BCUT2D eigenvalue weighted by atomic mass is 10.1. The van der Waals surface area contributed by atoms with Crippen LogP contribution < -0.4 is 5.32 Å². The van der Waals surface area contributed by atoms with Crippen LogP contribution in [0.2, 0.25) is 0 Å². The molecule has 1 aliphatic heterocycles. The highest BCUT2D eigenvalue weighted by atomic mass is 16.2. The molecular weight excluding hydrogens is 266 g/mol. The molecule has 5 heteroatoms. The number of para-hydroxylation sites is 1. The van der Waals surface area contributed by atoms with Gasteiger partial charge in [-0.05, 0) is 19.1 Å². The summed E-state index contributed by atoms with van der Waals surface area (Å²) in [6, 6.07) is 9.47. The summed E-state index contributed by atoms with van der Waals surface area (Å²) in [6.07, 6.45) is 0.355.